The number of hydrogen-bond donors (Lipinski definition) is 4. The highest BCUT2D eigenvalue weighted by Crippen LogP contribution is 2.32. The number of carbonyl (C=O) groups excluding carboxylic acids is 3. The van der Waals surface area contributed by atoms with Gasteiger partial charge in [0.05, 0.1) is 11.2 Å². The largest absolute Gasteiger partial charge is 0.490 e. The highest BCUT2D eigenvalue weighted by atomic mass is 19.4. The first-order valence-corrected chi connectivity index (χ1v) is 21.3. The molecule has 8 rings (SSSR count). The zero-order valence-corrected chi connectivity index (χ0v) is 36.4. The Bertz CT molecular complexity index is 2680. The van der Waals surface area contributed by atoms with Gasteiger partial charge in [-0.25, -0.2) is 14.3 Å². The Labute approximate surface area is 372 Å². The third-order valence-corrected chi connectivity index (χ3v) is 11.5. The summed E-state index contributed by atoms with van der Waals surface area (Å²) in [6, 6.07) is 25.1. The van der Waals surface area contributed by atoms with Gasteiger partial charge in [-0.3, -0.25) is 19.7 Å². The molecule has 0 aliphatic carbocycles. The zero-order valence-electron chi connectivity index (χ0n) is 36.4. The van der Waals surface area contributed by atoms with Crippen LogP contribution in [-0.4, -0.2) is 90.3 Å². The second kappa shape index (κ2) is 19.4. The lowest BCUT2D eigenvalue weighted by atomic mass is 9.89. The molecule has 0 radical (unpaired) electrons. The Kier molecular flexibility index (Phi) is 13.8. The van der Waals surface area contributed by atoms with Gasteiger partial charge in [0.2, 0.25) is 17.7 Å². The van der Waals surface area contributed by atoms with E-state index in [-0.39, 0.29) is 35.0 Å². The SMILES string of the molecule is Cc1cc(-c2ncnn3cc(-c4cccc(CCN5CCC(c6ccc(NC7CCC(=O)NC7=O)cc6)CC5)c4)cc23)ccc1CNC(=O)c1noc(C(C)(C)C)n1.O=C(O)C(F)(F)F. The first kappa shape index (κ1) is 46.1. The number of carbonyl (C=O) groups is 4. The molecule has 2 aliphatic heterocycles. The van der Waals surface area contributed by atoms with Crippen molar-refractivity contribution in [3.05, 3.63) is 119 Å². The number of benzene rings is 3. The molecule has 340 valence electrons. The second-order valence-corrected chi connectivity index (χ2v) is 17.3. The first-order valence-electron chi connectivity index (χ1n) is 21.3. The topological polar surface area (TPSA) is 197 Å². The molecule has 2 fully saturated rings. The van der Waals surface area contributed by atoms with Gasteiger partial charge in [-0.15, -0.1) is 0 Å². The third kappa shape index (κ3) is 11.6. The van der Waals surface area contributed by atoms with Crippen LogP contribution in [0.25, 0.3) is 27.9 Å². The minimum absolute atomic E-state index is 0.0256. The summed E-state index contributed by atoms with van der Waals surface area (Å²) >= 11 is 0. The van der Waals surface area contributed by atoms with E-state index in [1.165, 1.54) is 11.1 Å². The smallest absolute Gasteiger partial charge is 0.475 e. The molecule has 0 saturated carbocycles. The Morgan fingerprint density at radius 2 is 1.68 bits per heavy atom. The van der Waals surface area contributed by atoms with Crippen molar-refractivity contribution >= 4 is 34.9 Å². The van der Waals surface area contributed by atoms with E-state index >= 15 is 0 Å². The Morgan fingerprint density at radius 1 is 0.938 bits per heavy atom. The molecule has 18 heteroatoms. The molecular formula is C47H50F3N9O6. The lowest BCUT2D eigenvalue weighted by molar-refractivity contribution is -0.192. The number of amides is 3. The fourth-order valence-corrected chi connectivity index (χ4v) is 7.79. The van der Waals surface area contributed by atoms with Crippen LogP contribution < -0.4 is 16.0 Å². The van der Waals surface area contributed by atoms with Crippen LogP contribution in [0.3, 0.4) is 0 Å². The lowest BCUT2D eigenvalue weighted by Crippen LogP contribution is -2.47. The number of fused-ring (bicyclic) bond motifs is 1. The number of imide groups is 1. The van der Waals surface area contributed by atoms with Crippen LogP contribution in [-0.2, 0) is 32.8 Å². The maximum atomic E-state index is 12.7. The summed E-state index contributed by atoms with van der Waals surface area (Å²) < 4.78 is 38.9. The van der Waals surface area contributed by atoms with E-state index in [1.54, 1.807) is 6.33 Å². The summed E-state index contributed by atoms with van der Waals surface area (Å²) in [5.41, 5.74) is 10.1. The molecule has 3 aromatic heterocycles. The number of likely N-dealkylation sites (tertiary alicyclic amines) is 1. The van der Waals surface area contributed by atoms with Crippen molar-refractivity contribution in [2.45, 2.75) is 89.9 Å². The van der Waals surface area contributed by atoms with Crippen molar-refractivity contribution < 1.29 is 42.0 Å². The van der Waals surface area contributed by atoms with E-state index in [9.17, 15) is 27.6 Å². The third-order valence-electron chi connectivity index (χ3n) is 11.5. The van der Waals surface area contributed by atoms with Crippen molar-refractivity contribution in [3.63, 3.8) is 0 Å². The van der Waals surface area contributed by atoms with Crippen LogP contribution in [0.1, 0.15) is 91.1 Å². The second-order valence-electron chi connectivity index (χ2n) is 17.3. The molecule has 0 spiro atoms. The molecule has 5 heterocycles. The molecule has 1 atom stereocenters. The molecule has 1 unspecified atom stereocenters. The predicted octanol–water partition coefficient (Wildman–Crippen LogP) is 7.25. The predicted molar refractivity (Wildman–Crippen MR) is 235 cm³/mol. The van der Waals surface area contributed by atoms with Crippen LogP contribution in [0.5, 0.6) is 0 Å². The van der Waals surface area contributed by atoms with E-state index in [4.69, 9.17) is 14.4 Å². The average Bonchev–Trinajstić information content (AvgIpc) is 3.96. The molecule has 65 heavy (non-hydrogen) atoms. The number of anilines is 1. The molecule has 3 amide bonds. The molecule has 2 aliphatic rings. The van der Waals surface area contributed by atoms with Gasteiger partial charge in [0.25, 0.3) is 11.7 Å². The summed E-state index contributed by atoms with van der Waals surface area (Å²) in [4.78, 5) is 56.7. The molecular weight excluding hydrogens is 844 g/mol. The molecule has 3 aromatic carbocycles. The first-order chi connectivity index (χ1) is 30.9. The van der Waals surface area contributed by atoms with E-state index < -0.39 is 12.1 Å². The number of hydrogen-bond acceptors (Lipinski definition) is 11. The van der Waals surface area contributed by atoms with Crippen molar-refractivity contribution in [1.82, 2.24) is 40.3 Å². The van der Waals surface area contributed by atoms with Gasteiger partial charge >= 0.3 is 12.1 Å². The maximum absolute atomic E-state index is 12.7. The summed E-state index contributed by atoms with van der Waals surface area (Å²) in [5, 5.41) is 24.1. The van der Waals surface area contributed by atoms with Crippen molar-refractivity contribution in [3.8, 4) is 22.4 Å². The van der Waals surface area contributed by atoms with Gasteiger partial charge in [0.15, 0.2) is 0 Å². The highest BCUT2D eigenvalue weighted by Gasteiger charge is 2.38. The Morgan fingerprint density at radius 3 is 2.34 bits per heavy atom. The number of aryl methyl sites for hydroxylation is 1. The van der Waals surface area contributed by atoms with Crippen LogP contribution in [0.4, 0.5) is 18.9 Å². The molecule has 0 bridgehead atoms. The van der Waals surface area contributed by atoms with Crippen molar-refractivity contribution in [2.75, 3.05) is 25.0 Å². The number of halogens is 3. The van der Waals surface area contributed by atoms with Crippen molar-refractivity contribution in [2.24, 2.45) is 0 Å². The van der Waals surface area contributed by atoms with Gasteiger partial charge < -0.3 is 25.2 Å². The average molecular weight is 894 g/mol. The number of aliphatic carboxylic acids is 1. The quantitative estimate of drug-likeness (QED) is 0.0953. The van der Waals surface area contributed by atoms with Crippen LogP contribution >= 0.6 is 0 Å². The number of carboxylic acid groups (broad SMARTS) is 1. The monoisotopic (exact) mass is 893 g/mol. The zero-order chi connectivity index (χ0) is 46.5. The Balaban J connectivity index is 0.000000833. The van der Waals surface area contributed by atoms with Crippen LogP contribution in [0, 0.1) is 6.92 Å². The Hall–Kier alpha value is -6.95. The number of alkyl halides is 3. The van der Waals surface area contributed by atoms with E-state index in [1.807, 2.05) is 56.5 Å². The fraction of sp³-hybridized carbons (Fsp3) is 0.362. The van der Waals surface area contributed by atoms with Crippen molar-refractivity contribution in [1.29, 1.82) is 0 Å². The van der Waals surface area contributed by atoms with Gasteiger partial charge in [-0.2, -0.15) is 23.3 Å². The summed E-state index contributed by atoms with van der Waals surface area (Å²) in [5.74, 6) is -2.63. The van der Waals surface area contributed by atoms with E-state index in [0.717, 1.165) is 83.6 Å². The number of carboxylic acids is 1. The summed E-state index contributed by atoms with van der Waals surface area (Å²) in [7, 11) is 0. The fourth-order valence-electron chi connectivity index (χ4n) is 7.79. The number of nitrogens with zero attached hydrogens (tertiary/aromatic N) is 6. The van der Waals surface area contributed by atoms with Crippen LogP contribution in [0.2, 0.25) is 0 Å². The number of nitrogens with one attached hydrogen (secondary N) is 3. The minimum atomic E-state index is -5.08. The van der Waals surface area contributed by atoms with E-state index in [0.29, 0.717) is 31.2 Å². The van der Waals surface area contributed by atoms with Gasteiger partial charge in [0.1, 0.15) is 12.4 Å². The standard InChI is InChI=1S/C45H49N9O4.C2HF3O2/c1-28-22-33(8-9-34(28)25-46-43(57)41-51-44(58-52-41)45(2,3)4)40-38-24-35(26-54(38)48-27-47-40)32-7-5-6-29(23-32)16-19-53-20-17-31(18-21-53)30-10-12-36(13-11-30)49-37-14-15-39(55)50-42(37)56;3-2(4,5)1(6)7/h5-13,22-24,26-27,31,37,49H,14-21,25H2,1-4H3,(H,46,57)(H,50,55,56);(H,6,7). The number of aromatic nitrogens is 5. The minimum Gasteiger partial charge on any atom is -0.475 e. The van der Waals surface area contributed by atoms with Gasteiger partial charge in [0, 0.05) is 47.9 Å². The van der Waals surface area contributed by atoms with E-state index in [2.05, 4.69) is 95.8 Å². The highest BCUT2D eigenvalue weighted by molar-refractivity contribution is 6.01. The summed E-state index contributed by atoms with van der Waals surface area (Å²) in [6.45, 7) is 11.3. The molecule has 6 aromatic rings. The molecule has 4 N–H and O–H groups in total. The molecule has 2 saturated heterocycles. The van der Waals surface area contributed by atoms with Crippen LogP contribution in [0.15, 0.2) is 89.8 Å². The lowest BCUT2D eigenvalue weighted by Gasteiger charge is -2.32. The summed E-state index contributed by atoms with van der Waals surface area (Å²) in [6.07, 6.45) is 2.63. The maximum Gasteiger partial charge on any atom is 0.490 e. The van der Waals surface area contributed by atoms with Gasteiger partial charge in [-0.1, -0.05) is 74.5 Å². The number of rotatable bonds is 11. The number of piperidine rings is 2. The normalized spacial score (nSPS) is 16.1. The van der Waals surface area contributed by atoms with Gasteiger partial charge in [-0.05, 0) is 104 Å². The molecule has 15 nitrogen and oxygen atoms in total.